The van der Waals surface area contributed by atoms with Crippen LogP contribution in [0.3, 0.4) is 0 Å². The van der Waals surface area contributed by atoms with Gasteiger partial charge in [0.25, 0.3) is 0 Å². The summed E-state index contributed by atoms with van der Waals surface area (Å²) < 4.78 is 26.3. The molecule has 0 bridgehead atoms. The number of benzene rings is 2. The molecule has 138 valence electrons. The van der Waals surface area contributed by atoms with Gasteiger partial charge in [-0.15, -0.1) is 0 Å². The van der Waals surface area contributed by atoms with Crippen LogP contribution in [0, 0.1) is 17.0 Å². The van der Waals surface area contributed by atoms with E-state index in [4.69, 9.17) is 11.6 Å². The summed E-state index contributed by atoms with van der Waals surface area (Å²) in [7, 11) is 0. The first kappa shape index (κ1) is 19.8. The Hall–Kier alpha value is -2.47. The number of rotatable bonds is 4. The molecule has 2 aromatic carbocycles. The van der Waals surface area contributed by atoms with Crippen LogP contribution in [-0.2, 0) is 16.0 Å². The standard InChI is InChI=1S/C19H19ClF2N2O2/c1-19(2,3)18(26)24-16-5-4-14(10-15(16)20)23-17(25)8-11-6-12(21)9-13(22)7-11/h4-7,9-10H,8H2,1-3H3,(H,23,25)(H,24,26). The van der Waals surface area contributed by atoms with E-state index in [0.29, 0.717) is 11.4 Å². The Bertz CT molecular complexity index is 828. The molecule has 26 heavy (non-hydrogen) atoms. The second kappa shape index (κ2) is 7.83. The molecule has 4 nitrogen and oxygen atoms in total. The molecule has 2 N–H and O–H groups in total. The van der Waals surface area contributed by atoms with Crippen molar-refractivity contribution in [3.05, 3.63) is 58.6 Å². The lowest BCUT2D eigenvalue weighted by atomic mass is 9.95. The minimum atomic E-state index is -0.741. The van der Waals surface area contributed by atoms with Crippen LogP contribution in [0.1, 0.15) is 26.3 Å². The molecule has 0 radical (unpaired) electrons. The number of amides is 2. The van der Waals surface area contributed by atoms with E-state index in [2.05, 4.69) is 10.6 Å². The van der Waals surface area contributed by atoms with Crippen molar-refractivity contribution in [2.24, 2.45) is 5.41 Å². The van der Waals surface area contributed by atoms with E-state index in [1.54, 1.807) is 32.9 Å². The minimum absolute atomic E-state index is 0.186. The van der Waals surface area contributed by atoms with Crippen molar-refractivity contribution in [1.82, 2.24) is 0 Å². The zero-order chi connectivity index (χ0) is 19.5. The van der Waals surface area contributed by atoms with Gasteiger partial charge in [0.05, 0.1) is 17.1 Å². The number of halogens is 3. The Labute approximate surface area is 155 Å². The number of nitrogens with one attached hydrogen (secondary N) is 2. The Kier molecular flexibility index (Phi) is 5.97. The van der Waals surface area contributed by atoms with E-state index < -0.39 is 23.0 Å². The van der Waals surface area contributed by atoms with Crippen molar-refractivity contribution >= 4 is 34.8 Å². The maximum atomic E-state index is 13.2. The number of anilines is 2. The molecule has 0 fully saturated rings. The molecule has 0 spiro atoms. The Morgan fingerprint density at radius 3 is 2.15 bits per heavy atom. The maximum absolute atomic E-state index is 13.2. The average Bonchev–Trinajstić information content (AvgIpc) is 2.47. The second-order valence-electron chi connectivity index (χ2n) is 6.90. The zero-order valence-electron chi connectivity index (χ0n) is 14.6. The number of hydrogen-bond donors (Lipinski definition) is 2. The highest BCUT2D eigenvalue weighted by molar-refractivity contribution is 6.34. The fourth-order valence-corrected chi connectivity index (χ4v) is 2.34. The first-order chi connectivity index (χ1) is 12.0. The summed E-state index contributed by atoms with van der Waals surface area (Å²) in [6, 6.07) is 7.58. The Balaban J connectivity index is 2.04. The van der Waals surface area contributed by atoms with Gasteiger partial charge in [-0.1, -0.05) is 32.4 Å². The topological polar surface area (TPSA) is 58.2 Å². The third-order valence-electron chi connectivity index (χ3n) is 3.47. The van der Waals surface area contributed by atoms with Gasteiger partial charge >= 0.3 is 0 Å². The molecule has 0 aliphatic heterocycles. The number of hydrogen-bond acceptors (Lipinski definition) is 2. The highest BCUT2D eigenvalue weighted by Crippen LogP contribution is 2.27. The van der Waals surface area contributed by atoms with E-state index in [-0.39, 0.29) is 22.9 Å². The van der Waals surface area contributed by atoms with Gasteiger partial charge in [-0.05, 0) is 35.9 Å². The normalized spacial score (nSPS) is 11.2. The molecule has 0 aliphatic rings. The third kappa shape index (κ3) is 5.52. The average molecular weight is 381 g/mol. The first-order valence-corrected chi connectivity index (χ1v) is 8.28. The molecule has 2 rings (SSSR count). The van der Waals surface area contributed by atoms with Crippen molar-refractivity contribution in [3.63, 3.8) is 0 Å². The van der Waals surface area contributed by atoms with Crippen molar-refractivity contribution in [2.45, 2.75) is 27.2 Å². The van der Waals surface area contributed by atoms with Crippen LogP contribution in [0.25, 0.3) is 0 Å². The van der Waals surface area contributed by atoms with Crippen LogP contribution < -0.4 is 10.6 Å². The lowest BCUT2D eigenvalue weighted by molar-refractivity contribution is -0.123. The van der Waals surface area contributed by atoms with Gasteiger partial charge in [-0.3, -0.25) is 9.59 Å². The van der Waals surface area contributed by atoms with Crippen molar-refractivity contribution in [2.75, 3.05) is 10.6 Å². The Morgan fingerprint density at radius 1 is 1.00 bits per heavy atom. The highest BCUT2D eigenvalue weighted by atomic mass is 35.5. The molecular formula is C19H19ClF2N2O2. The fraction of sp³-hybridized carbons (Fsp3) is 0.263. The first-order valence-electron chi connectivity index (χ1n) is 7.90. The van der Waals surface area contributed by atoms with Gasteiger partial charge in [0.15, 0.2) is 0 Å². The van der Waals surface area contributed by atoms with E-state index in [1.165, 1.54) is 6.07 Å². The smallest absolute Gasteiger partial charge is 0.229 e. The Morgan fingerprint density at radius 2 is 1.62 bits per heavy atom. The largest absolute Gasteiger partial charge is 0.326 e. The lowest BCUT2D eigenvalue weighted by Gasteiger charge is -2.18. The van der Waals surface area contributed by atoms with Crippen LogP contribution in [0.15, 0.2) is 36.4 Å². The van der Waals surface area contributed by atoms with E-state index >= 15 is 0 Å². The van der Waals surface area contributed by atoms with Gasteiger partial charge in [-0.25, -0.2) is 8.78 Å². The monoisotopic (exact) mass is 380 g/mol. The van der Waals surface area contributed by atoms with E-state index in [9.17, 15) is 18.4 Å². The molecule has 2 amide bonds. The number of carbonyl (C=O) groups is 2. The maximum Gasteiger partial charge on any atom is 0.229 e. The van der Waals surface area contributed by atoms with Gasteiger partial charge in [-0.2, -0.15) is 0 Å². The van der Waals surface area contributed by atoms with Crippen LogP contribution in [-0.4, -0.2) is 11.8 Å². The summed E-state index contributed by atoms with van der Waals surface area (Å²) in [6.07, 6.45) is -0.186. The van der Waals surface area contributed by atoms with Crippen LogP contribution in [0.4, 0.5) is 20.2 Å². The van der Waals surface area contributed by atoms with Gasteiger partial charge in [0, 0.05) is 17.2 Å². The predicted molar refractivity (Wildman–Crippen MR) is 98.2 cm³/mol. The minimum Gasteiger partial charge on any atom is -0.326 e. The second-order valence-corrected chi connectivity index (χ2v) is 7.31. The summed E-state index contributed by atoms with van der Waals surface area (Å²) in [4.78, 5) is 24.0. The molecule has 0 saturated heterocycles. The summed E-state index contributed by atoms with van der Waals surface area (Å²) in [5.41, 5.74) is 0.485. The zero-order valence-corrected chi connectivity index (χ0v) is 15.4. The molecule has 0 heterocycles. The van der Waals surface area contributed by atoms with Gasteiger partial charge in [0.1, 0.15) is 11.6 Å². The molecule has 0 aromatic heterocycles. The van der Waals surface area contributed by atoms with Crippen LogP contribution >= 0.6 is 11.6 Å². The van der Waals surface area contributed by atoms with Crippen molar-refractivity contribution in [1.29, 1.82) is 0 Å². The van der Waals surface area contributed by atoms with E-state index in [1.807, 2.05) is 0 Å². The lowest BCUT2D eigenvalue weighted by Crippen LogP contribution is -2.27. The molecule has 0 saturated carbocycles. The third-order valence-corrected chi connectivity index (χ3v) is 3.78. The highest BCUT2D eigenvalue weighted by Gasteiger charge is 2.22. The predicted octanol–water partition coefficient (Wildman–Crippen LogP) is 4.78. The van der Waals surface area contributed by atoms with Gasteiger partial charge in [0.2, 0.25) is 11.8 Å². The molecule has 0 aliphatic carbocycles. The molecule has 0 unspecified atom stereocenters. The summed E-state index contributed by atoms with van der Waals surface area (Å²) in [6.45, 7) is 5.33. The summed E-state index contributed by atoms with van der Waals surface area (Å²) >= 11 is 6.14. The quantitative estimate of drug-likeness (QED) is 0.801. The summed E-state index contributed by atoms with van der Waals surface area (Å²) in [5.74, 6) is -2.12. The van der Waals surface area contributed by atoms with Crippen LogP contribution in [0.2, 0.25) is 5.02 Å². The SMILES string of the molecule is CC(C)(C)C(=O)Nc1ccc(NC(=O)Cc2cc(F)cc(F)c2)cc1Cl. The van der Waals surface area contributed by atoms with E-state index in [0.717, 1.165) is 18.2 Å². The molecule has 0 atom stereocenters. The van der Waals surface area contributed by atoms with Crippen LogP contribution in [0.5, 0.6) is 0 Å². The fourth-order valence-electron chi connectivity index (χ4n) is 2.11. The van der Waals surface area contributed by atoms with Crippen molar-refractivity contribution in [3.8, 4) is 0 Å². The summed E-state index contributed by atoms with van der Waals surface area (Å²) in [5, 5.41) is 5.58. The van der Waals surface area contributed by atoms with Crippen molar-refractivity contribution < 1.29 is 18.4 Å². The molecule has 2 aromatic rings. The molecule has 7 heteroatoms. The molecular weight excluding hydrogens is 362 g/mol. The number of carbonyl (C=O) groups excluding carboxylic acids is 2. The van der Waals surface area contributed by atoms with Gasteiger partial charge < -0.3 is 10.6 Å².